The van der Waals surface area contributed by atoms with E-state index < -0.39 is 0 Å². The summed E-state index contributed by atoms with van der Waals surface area (Å²) in [6, 6.07) is 7.79. The molecule has 120 valence electrons. The zero-order valence-corrected chi connectivity index (χ0v) is 15.0. The van der Waals surface area contributed by atoms with Gasteiger partial charge in [0, 0.05) is 22.4 Å². The van der Waals surface area contributed by atoms with Crippen molar-refractivity contribution in [1.29, 1.82) is 0 Å². The maximum atomic E-state index is 6.00. The summed E-state index contributed by atoms with van der Waals surface area (Å²) in [7, 11) is 0. The Hall–Kier alpha value is -1.96. The number of thiophene rings is 1. The first-order valence-electron chi connectivity index (χ1n) is 7.32. The smallest absolute Gasteiger partial charge is 0.214 e. The number of benzene rings is 1. The van der Waals surface area contributed by atoms with Crippen LogP contribution in [-0.4, -0.2) is 25.1 Å². The molecule has 0 saturated heterocycles. The molecular weight excluding hydrogens is 362 g/mol. The van der Waals surface area contributed by atoms with Crippen molar-refractivity contribution in [2.75, 3.05) is 0 Å². The standard InChI is InChI=1S/C16H12ClN5S2/c1-2-12-20-16(22-21-12)24-15-13-11(7-23-14(13)18-8-19-15)9-3-5-10(17)6-4-9/h3-8H,2H2,1H3,(H,20,21,22). The van der Waals surface area contributed by atoms with Crippen LogP contribution in [0.15, 0.2) is 46.2 Å². The minimum Gasteiger partial charge on any atom is -0.262 e. The number of hydrogen-bond acceptors (Lipinski definition) is 6. The molecule has 0 aliphatic carbocycles. The van der Waals surface area contributed by atoms with Gasteiger partial charge in [0.2, 0.25) is 5.16 Å². The highest BCUT2D eigenvalue weighted by molar-refractivity contribution is 7.99. The van der Waals surface area contributed by atoms with E-state index in [2.05, 4.69) is 30.5 Å². The van der Waals surface area contributed by atoms with Crippen molar-refractivity contribution in [2.45, 2.75) is 23.5 Å². The van der Waals surface area contributed by atoms with Crippen LogP contribution in [-0.2, 0) is 6.42 Å². The molecule has 0 bridgehead atoms. The molecule has 0 aliphatic heterocycles. The van der Waals surface area contributed by atoms with Crippen molar-refractivity contribution in [2.24, 2.45) is 0 Å². The molecule has 0 unspecified atom stereocenters. The SMILES string of the molecule is CCc1nc(Sc2ncnc3scc(-c4ccc(Cl)cc4)c23)n[nH]1. The quantitative estimate of drug-likeness (QED) is 0.518. The van der Waals surface area contributed by atoms with Crippen molar-refractivity contribution in [3.63, 3.8) is 0 Å². The van der Waals surface area contributed by atoms with E-state index >= 15 is 0 Å². The molecule has 3 heterocycles. The molecule has 0 fully saturated rings. The molecule has 4 aromatic rings. The molecule has 0 spiro atoms. The van der Waals surface area contributed by atoms with Crippen molar-refractivity contribution in [1.82, 2.24) is 25.1 Å². The van der Waals surface area contributed by atoms with E-state index in [4.69, 9.17) is 11.6 Å². The van der Waals surface area contributed by atoms with Gasteiger partial charge in [-0.05, 0) is 29.5 Å². The number of fused-ring (bicyclic) bond motifs is 1. The highest BCUT2D eigenvalue weighted by Gasteiger charge is 2.15. The van der Waals surface area contributed by atoms with Gasteiger partial charge in [0.05, 0.1) is 5.39 Å². The van der Waals surface area contributed by atoms with E-state index in [1.54, 1.807) is 17.7 Å². The van der Waals surface area contributed by atoms with Crippen LogP contribution in [0.3, 0.4) is 0 Å². The second-order valence-electron chi connectivity index (χ2n) is 5.04. The van der Waals surface area contributed by atoms with Crippen LogP contribution in [0.5, 0.6) is 0 Å². The summed E-state index contributed by atoms with van der Waals surface area (Å²) in [5, 5.41) is 12.5. The Balaban J connectivity index is 1.80. The van der Waals surface area contributed by atoms with Gasteiger partial charge in [0.1, 0.15) is 22.0 Å². The maximum Gasteiger partial charge on any atom is 0.214 e. The van der Waals surface area contributed by atoms with E-state index in [-0.39, 0.29) is 0 Å². The van der Waals surface area contributed by atoms with Gasteiger partial charge in [-0.1, -0.05) is 30.7 Å². The zero-order chi connectivity index (χ0) is 16.5. The van der Waals surface area contributed by atoms with Crippen LogP contribution in [0.4, 0.5) is 0 Å². The summed E-state index contributed by atoms with van der Waals surface area (Å²) >= 11 is 9.05. The van der Waals surface area contributed by atoms with Crippen molar-refractivity contribution < 1.29 is 0 Å². The second-order valence-corrected chi connectivity index (χ2v) is 7.29. The first-order valence-corrected chi connectivity index (χ1v) is 9.39. The van der Waals surface area contributed by atoms with Crippen LogP contribution in [0.25, 0.3) is 21.3 Å². The highest BCUT2D eigenvalue weighted by Crippen LogP contribution is 2.39. The lowest BCUT2D eigenvalue weighted by Crippen LogP contribution is -1.87. The fourth-order valence-corrected chi connectivity index (χ4v) is 4.27. The van der Waals surface area contributed by atoms with Gasteiger partial charge in [0.25, 0.3) is 0 Å². The number of nitrogens with one attached hydrogen (secondary N) is 1. The number of aromatic nitrogens is 5. The van der Waals surface area contributed by atoms with Crippen LogP contribution in [0.1, 0.15) is 12.7 Å². The second kappa shape index (κ2) is 6.51. The normalized spacial score (nSPS) is 11.2. The monoisotopic (exact) mass is 373 g/mol. The van der Waals surface area contributed by atoms with Crippen LogP contribution in [0.2, 0.25) is 5.02 Å². The number of halogens is 1. The van der Waals surface area contributed by atoms with Gasteiger partial charge in [-0.2, -0.15) is 0 Å². The molecule has 3 aromatic heterocycles. The molecule has 0 atom stereocenters. The van der Waals surface area contributed by atoms with Gasteiger partial charge in [-0.3, -0.25) is 5.10 Å². The van der Waals surface area contributed by atoms with Gasteiger partial charge in [0.15, 0.2) is 0 Å². The minimum absolute atomic E-state index is 0.667. The Morgan fingerprint density at radius 2 is 2.04 bits per heavy atom. The average molecular weight is 374 g/mol. The highest BCUT2D eigenvalue weighted by atomic mass is 35.5. The number of aryl methyl sites for hydroxylation is 1. The average Bonchev–Trinajstić information content (AvgIpc) is 3.23. The van der Waals surface area contributed by atoms with Crippen molar-refractivity contribution in [3.05, 3.63) is 46.8 Å². The van der Waals surface area contributed by atoms with Crippen molar-refractivity contribution in [3.8, 4) is 11.1 Å². The third kappa shape index (κ3) is 2.90. The van der Waals surface area contributed by atoms with Gasteiger partial charge >= 0.3 is 0 Å². The summed E-state index contributed by atoms with van der Waals surface area (Å²) < 4.78 is 0. The van der Waals surface area contributed by atoms with Gasteiger partial charge in [-0.15, -0.1) is 16.4 Å². The van der Waals surface area contributed by atoms with Crippen LogP contribution < -0.4 is 0 Å². The summed E-state index contributed by atoms with van der Waals surface area (Å²) in [6.45, 7) is 2.04. The predicted molar refractivity (Wildman–Crippen MR) is 97.7 cm³/mol. The Bertz CT molecular complexity index is 993. The fraction of sp³-hybridized carbons (Fsp3) is 0.125. The topological polar surface area (TPSA) is 67.3 Å². The lowest BCUT2D eigenvalue weighted by atomic mass is 10.1. The molecule has 0 amide bonds. The van der Waals surface area contributed by atoms with E-state index in [9.17, 15) is 0 Å². The zero-order valence-electron chi connectivity index (χ0n) is 12.7. The fourth-order valence-electron chi connectivity index (χ4n) is 2.33. The molecule has 4 rings (SSSR count). The summed E-state index contributed by atoms with van der Waals surface area (Å²) in [6.07, 6.45) is 2.40. The molecule has 0 aliphatic rings. The number of nitrogens with zero attached hydrogens (tertiary/aromatic N) is 4. The van der Waals surface area contributed by atoms with E-state index in [0.717, 1.165) is 43.6 Å². The largest absolute Gasteiger partial charge is 0.262 e. The molecule has 24 heavy (non-hydrogen) atoms. The van der Waals surface area contributed by atoms with Gasteiger partial charge < -0.3 is 0 Å². The van der Waals surface area contributed by atoms with Crippen LogP contribution in [0, 0.1) is 0 Å². The summed E-state index contributed by atoms with van der Waals surface area (Å²) in [4.78, 5) is 14.2. The molecule has 1 N–H and O–H groups in total. The first-order chi connectivity index (χ1) is 11.7. The van der Waals surface area contributed by atoms with E-state index in [1.165, 1.54) is 11.8 Å². The third-order valence-corrected chi connectivity index (χ3v) is 5.53. The summed E-state index contributed by atoms with van der Waals surface area (Å²) in [5.74, 6) is 0.867. The molecule has 0 saturated carbocycles. The number of hydrogen-bond donors (Lipinski definition) is 1. The Morgan fingerprint density at radius 3 is 2.79 bits per heavy atom. The van der Waals surface area contributed by atoms with E-state index in [1.807, 2.05) is 31.2 Å². The van der Waals surface area contributed by atoms with E-state index in [0.29, 0.717) is 5.16 Å². The van der Waals surface area contributed by atoms with Crippen LogP contribution >= 0.6 is 34.7 Å². The molecule has 1 aromatic carbocycles. The minimum atomic E-state index is 0.667. The number of aromatic amines is 1. The number of rotatable bonds is 4. The predicted octanol–water partition coefficient (Wildman–Crippen LogP) is 4.84. The summed E-state index contributed by atoms with van der Waals surface area (Å²) in [5.41, 5.74) is 2.19. The molecular formula is C16H12ClN5S2. The molecule has 8 heteroatoms. The maximum absolute atomic E-state index is 6.00. The lowest BCUT2D eigenvalue weighted by Gasteiger charge is -2.03. The van der Waals surface area contributed by atoms with Crippen molar-refractivity contribution >= 4 is 44.9 Å². The Labute approximate surface area is 151 Å². The first kappa shape index (κ1) is 15.6. The molecule has 5 nitrogen and oxygen atoms in total. The van der Waals surface area contributed by atoms with Gasteiger partial charge in [-0.25, -0.2) is 15.0 Å². The Morgan fingerprint density at radius 1 is 1.21 bits per heavy atom. The lowest BCUT2D eigenvalue weighted by molar-refractivity contribution is 0.940. The number of H-pyrrole nitrogens is 1. The Kier molecular flexibility index (Phi) is 4.22. The third-order valence-electron chi connectivity index (χ3n) is 3.52. The molecule has 0 radical (unpaired) electrons.